The average molecular weight is 248 g/mol. The molecule has 1 aromatic rings. The molecule has 0 fully saturated rings. The molecular formula is C13H16N2O3. The summed E-state index contributed by atoms with van der Waals surface area (Å²) < 4.78 is 5.51. The first-order valence-corrected chi connectivity index (χ1v) is 5.93. The topological polar surface area (TPSA) is 81.4 Å². The van der Waals surface area contributed by atoms with Gasteiger partial charge >= 0.3 is 0 Å². The Morgan fingerprint density at radius 3 is 3.06 bits per heavy atom. The summed E-state index contributed by atoms with van der Waals surface area (Å²) >= 11 is 0. The highest BCUT2D eigenvalue weighted by Gasteiger charge is 2.21. The van der Waals surface area contributed by atoms with Crippen molar-refractivity contribution in [3.05, 3.63) is 23.8 Å². The van der Waals surface area contributed by atoms with Gasteiger partial charge in [0.25, 0.3) is 0 Å². The zero-order valence-electron chi connectivity index (χ0n) is 10.2. The number of amides is 1. The number of hydrogen-bond donors (Lipinski definition) is 2. The highest BCUT2D eigenvalue weighted by molar-refractivity contribution is 6.00. The maximum absolute atomic E-state index is 11.7. The number of ketones is 1. The first-order valence-electron chi connectivity index (χ1n) is 5.93. The number of ether oxygens (including phenoxy) is 1. The van der Waals surface area contributed by atoms with Crippen LogP contribution in [0.5, 0.6) is 5.75 Å². The Bertz CT molecular complexity index is 485. The van der Waals surface area contributed by atoms with E-state index < -0.39 is 0 Å². The number of benzene rings is 1. The molecule has 18 heavy (non-hydrogen) atoms. The summed E-state index contributed by atoms with van der Waals surface area (Å²) in [5.41, 5.74) is 6.44. The van der Waals surface area contributed by atoms with E-state index >= 15 is 0 Å². The van der Waals surface area contributed by atoms with Crippen LogP contribution in [0.2, 0.25) is 0 Å². The summed E-state index contributed by atoms with van der Waals surface area (Å²) in [5, 5.41) is 2.76. The maximum atomic E-state index is 11.7. The van der Waals surface area contributed by atoms with E-state index in [2.05, 4.69) is 5.32 Å². The number of carbonyl (C=O) groups is 2. The Kier molecular flexibility index (Phi) is 3.62. The predicted molar refractivity (Wildman–Crippen MR) is 67.7 cm³/mol. The van der Waals surface area contributed by atoms with Crippen molar-refractivity contribution in [1.29, 1.82) is 0 Å². The summed E-state index contributed by atoms with van der Waals surface area (Å²) in [7, 11) is 0. The second kappa shape index (κ2) is 5.18. The molecule has 0 spiro atoms. The quantitative estimate of drug-likeness (QED) is 0.787. The summed E-state index contributed by atoms with van der Waals surface area (Å²) in [6.07, 6.45) is 0.296. The van der Waals surface area contributed by atoms with Gasteiger partial charge in [0.1, 0.15) is 5.75 Å². The molecule has 0 radical (unpaired) electrons. The van der Waals surface area contributed by atoms with E-state index in [9.17, 15) is 9.59 Å². The highest BCUT2D eigenvalue weighted by Crippen LogP contribution is 2.29. The van der Waals surface area contributed by atoms with Gasteiger partial charge < -0.3 is 15.8 Å². The molecule has 5 heteroatoms. The van der Waals surface area contributed by atoms with E-state index in [-0.39, 0.29) is 17.6 Å². The summed E-state index contributed by atoms with van der Waals surface area (Å²) in [4.78, 5) is 23.4. The van der Waals surface area contributed by atoms with Crippen molar-refractivity contribution < 1.29 is 14.3 Å². The number of rotatable bonds is 3. The minimum atomic E-state index is -0.208. The maximum Gasteiger partial charge on any atom is 0.230 e. The lowest BCUT2D eigenvalue weighted by atomic mass is 10.1. The van der Waals surface area contributed by atoms with Crippen molar-refractivity contribution in [2.24, 2.45) is 11.7 Å². The number of fused-ring (bicyclic) bond motifs is 1. The van der Waals surface area contributed by atoms with Crippen LogP contribution in [0.15, 0.2) is 18.2 Å². The summed E-state index contributed by atoms with van der Waals surface area (Å²) in [6.45, 7) is 2.45. The largest absolute Gasteiger partial charge is 0.491 e. The highest BCUT2D eigenvalue weighted by atomic mass is 16.5. The smallest absolute Gasteiger partial charge is 0.230 e. The van der Waals surface area contributed by atoms with Gasteiger partial charge in [-0.05, 0) is 24.7 Å². The first kappa shape index (κ1) is 12.6. The number of Topliss-reactive ketones (excluding diaryl/α,β-unsaturated/α-hetero) is 1. The lowest BCUT2D eigenvalue weighted by molar-refractivity contribution is -0.119. The van der Waals surface area contributed by atoms with E-state index in [0.717, 1.165) is 0 Å². The van der Waals surface area contributed by atoms with Crippen LogP contribution in [-0.4, -0.2) is 24.8 Å². The van der Waals surface area contributed by atoms with Gasteiger partial charge in [-0.1, -0.05) is 6.92 Å². The Hall–Kier alpha value is -1.88. The average Bonchev–Trinajstić information content (AvgIpc) is 2.49. The van der Waals surface area contributed by atoms with Gasteiger partial charge in [-0.15, -0.1) is 0 Å². The van der Waals surface area contributed by atoms with Crippen LogP contribution in [-0.2, 0) is 4.79 Å². The van der Waals surface area contributed by atoms with Crippen LogP contribution in [0.1, 0.15) is 23.7 Å². The number of hydrogen-bond acceptors (Lipinski definition) is 4. The van der Waals surface area contributed by atoms with Crippen molar-refractivity contribution in [3.8, 4) is 5.75 Å². The zero-order chi connectivity index (χ0) is 13.1. The van der Waals surface area contributed by atoms with Crippen molar-refractivity contribution >= 4 is 17.4 Å². The Morgan fingerprint density at radius 1 is 1.56 bits per heavy atom. The molecule has 2 rings (SSSR count). The molecule has 0 saturated heterocycles. The number of carbonyl (C=O) groups excluding carboxylic acids is 2. The molecule has 1 aliphatic heterocycles. The third-order valence-electron chi connectivity index (χ3n) is 2.87. The van der Waals surface area contributed by atoms with E-state index in [1.165, 1.54) is 0 Å². The molecule has 96 valence electrons. The Labute approximate surface area is 105 Å². The minimum Gasteiger partial charge on any atom is -0.491 e. The molecule has 1 aliphatic rings. The number of nitrogens with two attached hydrogens (primary N) is 1. The molecule has 5 nitrogen and oxygen atoms in total. The summed E-state index contributed by atoms with van der Waals surface area (Å²) in [5.74, 6) is 0.251. The molecular weight excluding hydrogens is 232 g/mol. The standard InChI is InChI=1S/C13H16N2O3/c1-8-7-18-12-3-2-9(11(16)4-5-14)6-10(12)15-13(8)17/h2-3,6,8H,4-5,7,14H2,1H3,(H,15,17). The van der Waals surface area contributed by atoms with Crippen LogP contribution in [0.25, 0.3) is 0 Å². The zero-order valence-corrected chi connectivity index (χ0v) is 10.2. The van der Waals surface area contributed by atoms with Crippen LogP contribution < -0.4 is 15.8 Å². The van der Waals surface area contributed by atoms with E-state index in [0.29, 0.717) is 36.6 Å². The van der Waals surface area contributed by atoms with Gasteiger partial charge in [0.15, 0.2) is 5.78 Å². The monoisotopic (exact) mass is 248 g/mol. The van der Waals surface area contributed by atoms with E-state index in [4.69, 9.17) is 10.5 Å². The fourth-order valence-corrected chi connectivity index (χ4v) is 1.75. The fourth-order valence-electron chi connectivity index (χ4n) is 1.75. The summed E-state index contributed by atoms with van der Waals surface area (Å²) in [6, 6.07) is 5.04. The van der Waals surface area contributed by atoms with Gasteiger partial charge in [0.2, 0.25) is 5.91 Å². The van der Waals surface area contributed by atoms with Gasteiger partial charge in [0, 0.05) is 12.0 Å². The molecule has 0 bridgehead atoms. The third kappa shape index (κ3) is 2.51. The SMILES string of the molecule is CC1COc2ccc(C(=O)CCN)cc2NC1=O. The number of nitrogens with one attached hydrogen (secondary N) is 1. The molecule has 1 amide bonds. The second-order valence-electron chi connectivity index (χ2n) is 4.37. The van der Waals surface area contributed by atoms with Crippen molar-refractivity contribution in [3.63, 3.8) is 0 Å². The third-order valence-corrected chi connectivity index (χ3v) is 2.87. The molecule has 1 aromatic carbocycles. The fraction of sp³-hybridized carbons (Fsp3) is 0.385. The van der Waals surface area contributed by atoms with Gasteiger partial charge in [-0.3, -0.25) is 9.59 Å². The lowest BCUT2D eigenvalue weighted by Gasteiger charge is -2.08. The first-order chi connectivity index (χ1) is 8.61. The Morgan fingerprint density at radius 2 is 2.33 bits per heavy atom. The van der Waals surface area contributed by atoms with Crippen molar-refractivity contribution in [2.45, 2.75) is 13.3 Å². The predicted octanol–water partition coefficient (Wildman–Crippen LogP) is 1.19. The molecule has 3 N–H and O–H groups in total. The van der Waals surface area contributed by atoms with Gasteiger partial charge in [-0.2, -0.15) is 0 Å². The van der Waals surface area contributed by atoms with E-state index in [1.54, 1.807) is 25.1 Å². The minimum absolute atomic E-state index is 0.0353. The molecule has 1 heterocycles. The van der Waals surface area contributed by atoms with Crippen molar-refractivity contribution in [1.82, 2.24) is 0 Å². The van der Waals surface area contributed by atoms with Crippen LogP contribution in [0, 0.1) is 5.92 Å². The van der Waals surface area contributed by atoms with Crippen molar-refractivity contribution in [2.75, 3.05) is 18.5 Å². The van der Waals surface area contributed by atoms with Crippen LogP contribution in [0.3, 0.4) is 0 Å². The second-order valence-corrected chi connectivity index (χ2v) is 4.37. The molecule has 0 saturated carbocycles. The Balaban J connectivity index is 2.29. The van der Waals surface area contributed by atoms with Gasteiger partial charge in [-0.25, -0.2) is 0 Å². The van der Waals surface area contributed by atoms with Gasteiger partial charge in [0.05, 0.1) is 18.2 Å². The lowest BCUT2D eigenvalue weighted by Crippen LogP contribution is -2.22. The number of anilines is 1. The van der Waals surface area contributed by atoms with E-state index in [1.807, 2.05) is 0 Å². The molecule has 1 unspecified atom stereocenters. The molecule has 0 aliphatic carbocycles. The molecule has 0 aromatic heterocycles. The van der Waals surface area contributed by atoms with Crippen LogP contribution >= 0.6 is 0 Å². The normalized spacial score (nSPS) is 18.3. The molecule has 1 atom stereocenters. The van der Waals surface area contributed by atoms with Crippen LogP contribution in [0.4, 0.5) is 5.69 Å².